The zero-order valence-electron chi connectivity index (χ0n) is 12.9. The van der Waals surface area contributed by atoms with Crippen LogP contribution >= 0.6 is 0 Å². The average molecular weight is 284 g/mol. The Labute approximate surface area is 126 Å². The van der Waals surface area contributed by atoms with Gasteiger partial charge in [-0.05, 0) is 38.6 Å². The minimum absolute atomic E-state index is 0.546. The van der Waals surface area contributed by atoms with Crippen LogP contribution in [0.2, 0.25) is 0 Å². The molecule has 2 heterocycles. The number of pyridine rings is 1. The lowest BCUT2D eigenvalue weighted by atomic mass is 10.1. The van der Waals surface area contributed by atoms with E-state index >= 15 is 0 Å². The maximum absolute atomic E-state index is 6.09. The Morgan fingerprint density at radius 3 is 2.95 bits per heavy atom. The van der Waals surface area contributed by atoms with Crippen molar-refractivity contribution in [1.82, 2.24) is 9.88 Å². The van der Waals surface area contributed by atoms with Gasteiger partial charge in [-0.3, -0.25) is 4.98 Å². The first-order valence-corrected chi connectivity index (χ1v) is 7.79. The SMILES string of the molecule is CCC1CN(C)CCCN1c1ccnc2c(N)cccc12. The number of para-hydroxylation sites is 1. The van der Waals surface area contributed by atoms with Crippen molar-refractivity contribution < 1.29 is 0 Å². The first kappa shape index (κ1) is 14.1. The van der Waals surface area contributed by atoms with Crippen LogP contribution in [-0.2, 0) is 0 Å². The third-order valence-corrected chi connectivity index (χ3v) is 4.46. The van der Waals surface area contributed by atoms with E-state index in [4.69, 9.17) is 5.73 Å². The van der Waals surface area contributed by atoms with E-state index in [2.05, 4.69) is 40.9 Å². The van der Waals surface area contributed by atoms with Gasteiger partial charge in [-0.2, -0.15) is 0 Å². The standard InChI is InChI=1S/C17H24N4/c1-3-13-12-20(2)10-5-11-21(13)16-8-9-19-17-14(16)6-4-7-15(17)18/h4,6-9,13H,3,5,10-12,18H2,1-2H3. The van der Waals surface area contributed by atoms with Crippen LogP contribution in [0.25, 0.3) is 10.9 Å². The second-order valence-corrected chi connectivity index (χ2v) is 5.94. The van der Waals surface area contributed by atoms with E-state index in [0.717, 1.165) is 37.3 Å². The Kier molecular flexibility index (Phi) is 3.97. The second-order valence-electron chi connectivity index (χ2n) is 5.94. The molecular formula is C17H24N4. The first-order valence-electron chi connectivity index (χ1n) is 7.79. The molecule has 0 spiro atoms. The summed E-state index contributed by atoms with van der Waals surface area (Å²) in [5.74, 6) is 0. The molecule has 2 aromatic rings. The normalized spacial score (nSPS) is 20.7. The Morgan fingerprint density at radius 2 is 2.14 bits per heavy atom. The summed E-state index contributed by atoms with van der Waals surface area (Å²) in [7, 11) is 2.22. The highest BCUT2D eigenvalue weighted by atomic mass is 15.2. The summed E-state index contributed by atoms with van der Waals surface area (Å²) in [5, 5.41) is 1.17. The molecule has 0 amide bonds. The second kappa shape index (κ2) is 5.90. The summed E-state index contributed by atoms with van der Waals surface area (Å²) < 4.78 is 0. The summed E-state index contributed by atoms with van der Waals surface area (Å²) in [6.07, 6.45) is 4.23. The molecule has 0 aliphatic carbocycles. The molecule has 1 aliphatic rings. The smallest absolute Gasteiger partial charge is 0.0951 e. The highest BCUT2D eigenvalue weighted by molar-refractivity contribution is 5.98. The van der Waals surface area contributed by atoms with Crippen LogP contribution in [0, 0.1) is 0 Å². The maximum Gasteiger partial charge on any atom is 0.0951 e. The zero-order chi connectivity index (χ0) is 14.8. The molecule has 1 fully saturated rings. The molecule has 2 N–H and O–H groups in total. The highest BCUT2D eigenvalue weighted by Gasteiger charge is 2.23. The number of nitrogens with zero attached hydrogens (tertiary/aromatic N) is 3. The van der Waals surface area contributed by atoms with Gasteiger partial charge in [-0.1, -0.05) is 19.1 Å². The Balaban J connectivity index is 2.08. The van der Waals surface area contributed by atoms with Crippen molar-refractivity contribution in [2.75, 3.05) is 37.3 Å². The molecule has 1 unspecified atom stereocenters. The Hall–Kier alpha value is -1.81. The fraction of sp³-hybridized carbons (Fsp3) is 0.471. The van der Waals surface area contributed by atoms with Crippen LogP contribution in [0.5, 0.6) is 0 Å². The van der Waals surface area contributed by atoms with Gasteiger partial charge in [0, 0.05) is 36.4 Å². The number of likely N-dealkylation sites (N-methyl/N-ethyl adjacent to an activating group) is 1. The number of fused-ring (bicyclic) bond motifs is 1. The van der Waals surface area contributed by atoms with E-state index in [0.29, 0.717) is 6.04 Å². The van der Waals surface area contributed by atoms with E-state index in [1.807, 2.05) is 18.3 Å². The van der Waals surface area contributed by atoms with Gasteiger partial charge in [-0.25, -0.2) is 0 Å². The van der Waals surface area contributed by atoms with E-state index in [9.17, 15) is 0 Å². The predicted molar refractivity (Wildman–Crippen MR) is 89.7 cm³/mol. The van der Waals surface area contributed by atoms with Crippen molar-refractivity contribution in [3.05, 3.63) is 30.5 Å². The van der Waals surface area contributed by atoms with Crippen molar-refractivity contribution in [1.29, 1.82) is 0 Å². The molecule has 0 radical (unpaired) electrons. The number of hydrogen-bond donors (Lipinski definition) is 1. The monoisotopic (exact) mass is 284 g/mol. The molecule has 1 saturated heterocycles. The van der Waals surface area contributed by atoms with Crippen molar-refractivity contribution >= 4 is 22.3 Å². The largest absolute Gasteiger partial charge is 0.397 e. The van der Waals surface area contributed by atoms with Gasteiger partial charge in [0.1, 0.15) is 0 Å². The summed E-state index contributed by atoms with van der Waals surface area (Å²) in [4.78, 5) is 9.45. The lowest BCUT2D eigenvalue weighted by Crippen LogP contribution is -2.39. The number of anilines is 2. The lowest BCUT2D eigenvalue weighted by molar-refractivity contribution is 0.328. The molecule has 21 heavy (non-hydrogen) atoms. The van der Waals surface area contributed by atoms with Crippen LogP contribution in [0.4, 0.5) is 11.4 Å². The number of aromatic nitrogens is 1. The average Bonchev–Trinajstić information content (AvgIpc) is 2.68. The fourth-order valence-corrected chi connectivity index (χ4v) is 3.34. The molecule has 4 nitrogen and oxygen atoms in total. The van der Waals surface area contributed by atoms with Crippen LogP contribution < -0.4 is 10.6 Å². The molecule has 1 aromatic heterocycles. The minimum atomic E-state index is 0.546. The number of benzene rings is 1. The molecule has 4 heteroatoms. The van der Waals surface area contributed by atoms with Gasteiger partial charge < -0.3 is 15.5 Å². The topological polar surface area (TPSA) is 45.4 Å². The van der Waals surface area contributed by atoms with E-state index in [-0.39, 0.29) is 0 Å². The molecule has 1 aliphatic heterocycles. The number of nitrogen functional groups attached to an aromatic ring is 1. The van der Waals surface area contributed by atoms with Crippen molar-refractivity contribution in [2.45, 2.75) is 25.8 Å². The summed E-state index contributed by atoms with van der Waals surface area (Å²) in [6.45, 7) is 5.64. The number of rotatable bonds is 2. The van der Waals surface area contributed by atoms with Gasteiger partial charge in [0.25, 0.3) is 0 Å². The minimum Gasteiger partial charge on any atom is -0.397 e. The summed E-state index contributed by atoms with van der Waals surface area (Å²) in [5.41, 5.74) is 9.04. The molecule has 1 aromatic carbocycles. The summed E-state index contributed by atoms with van der Waals surface area (Å²) in [6, 6.07) is 8.76. The van der Waals surface area contributed by atoms with Crippen LogP contribution in [0.3, 0.4) is 0 Å². The van der Waals surface area contributed by atoms with Gasteiger partial charge in [0.2, 0.25) is 0 Å². The predicted octanol–water partition coefficient (Wildman–Crippen LogP) is 2.74. The van der Waals surface area contributed by atoms with E-state index in [1.54, 1.807) is 0 Å². The quantitative estimate of drug-likeness (QED) is 0.861. The molecule has 1 atom stereocenters. The fourth-order valence-electron chi connectivity index (χ4n) is 3.34. The van der Waals surface area contributed by atoms with Gasteiger partial charge in [-0.15, -0.1) is 0 Å². The Bertz CT molecular complexity index is 625. The van der Waals surface area contributed by atoms with Crippen molar-refractivity contribution in [2.24, 2.45) is 0 Å². The third kappa shape index (κ3) is 2.68. The molecular weight excluding hydrogens is 260 g/mol. The van der Waals surface area contributed by atoms with Gasteiger partial charge >= 0.3 is 0 Å². The zero-order valence-corrected chi connectivity index (χ0v) is 12.9. The highest BCUT2D eigenvalue weighted by Crippen LogP contribution is 2.31. The first-order chi connectivity index (χ1) is 10.2. The van der Waals surface area contributed by atoms with Crippen molar-refractivity contribution in [3.63, 3.8) is 0 Å². The number of hydrogen-bond acceptors (Lipinski definition) is 4. The van der Waals surface area contributed by atoms with Crippen LogP contribution in [0.15, 0.2) is 30.5 Å². The molecule has 112 valence electrons. The van der Waals surface area contributed by atoms with Gasteiger partial charge in [0.15, 0.2) is 0 Å². The molecule has 3 rings (SSSR count). The Morgan fingerprint density at radius 1 is 1.29 bits per heavy atom. The van der Waals surface area contributed by atoms with Crippen LogP contribution in [0.1, 0.15) is 19.8 Å². The maximum atomic E-state index is 6.09. The van der Waals surface area contributed by atoms with Gasteiger partial charge in [0.05, 0.1) is 11.2 Å². The van der Waals surface area contributed by atoms with E-state index < -0.39 is 0 Å². The van der Waals surface area contributed by atoms with Crippen LogP contribution in [-0.4, -0.2) is 42.6 Å². The summed E-state index contributed by atoms with van der Waals surface area (Å²) >= 11 is 0. The number of nitrogens with two attached hydrogens (primary N) is 1. The van der Waals surface area contributed by atoms with E-state index in [1.165, 1.54) is 17.5 Å². The molecule has 0 bridgehead atoms. The molecule has 0 saturated carbocycles. The lowest BCUT2D eigenvalue weighted by Gasteiger charge is -2.33. The third-order valence-electron chi connectivity index (χ3n) is 4.46. The van der Waals surface area contributed by atoms with Crippen molar-refractivity contribution in [3.8, 4) is 0 Å².